The van der Waals surface area contributed by atoms with Crippen LogP contribution in [-0.2, 0) is 19.7 Å². The maximum Gasteiger partial charge on any atom is 0.504 e. The fourth-order valence-electron chi connectivity index (χ4n) is 6.55. The fourth-order valence-corrected chi connectivity index (χ4v) is 9.96. The molecule has 0 aromatic heterocycles. The molecule has 0 radical (unpaired) electrons. The Labute approximate surface area is 340 Å². The molecule has 4 aromatic rings. The van der Waals surface area contributed by atoms with Crippen LogP contribution >= 0.6 is 0 Å². The third-order valence-corrected chi connectivity index (χ3v) is 14.1. The summed E-state index contributed by atoms with van der Waals surface area (Å²) in [6.07, 6.45) is 16.6. The number of hydrogen-bond acceptors (Lipinski definition) is 8. The molecule has 0 atom stereocenters. The Balaban J connectivity index is 1.65. The minimum atomic E-state index is -4.83. The van der Waals surface area contributed by atoms with E-state index in [4.69, 9.17) is 18.9 Å². The van der Waals surface area contributed by atoms with Crippen molar-refractivity contribution in [1.82, 2.24) is 0 Å². The van der Waals surface area contributed by atoms with Gasteiger partial charge in [-0.25, -0.2) is 16.8 Å². The van der Waals surface area contributed by atoms with Gasteiger partial charge in [0.25, 0.3) is 19.7 Å². The van der Waals surface area contributed by atoms with Crippen molar-refractivity contribution in [2.75, 3.05) is 26.4 Å². The Morgan fingerprint density at radius 3 is 1.02 bits per heavy atom. The Hall–Kier alpha value is -4.12. The molecule has 0 fully saturated rings. The van der Waals surface area contributed by atoms with E-state index in [1.807, 2.05) is 12.1 Å². The van der Waals surface area contributed by atoms with Crippen LogP contribution in [0.1, 0.15) is 130 Å². The number of benzene rings is 4. The summed E-state index contributed by atoms with van der Waals surface area (Å²) < 4.78 is 79.3. The molecule has 0 saturated heterocycles. The topological polar surface area (TPSA) is 142 Å². The van der Waals surface area contributed by atoms with Gasteiger partial charge >= 0.3 is 4.38 Å². The summed E-state index contributed by atoms with van der Waals surface area (Å²) in [6.45, 7) is 10.6. The highest BCUT2D eigenvalue weighted by molar-refractivity contribution is 8.31. The van der Waals surface area contributed by atoms with Gasteiger partial charge in [0, 0.05) is 0 Å². The number of hydrogen-bond donors (Lipinski definition) is 0. The van der Waals surface area contributed by atoms with Crippen LogP contribution in [0.15, 0.2) is 70.5 Å². The third kappa shape index (κ3) is 12.9. The van der Waals surface area contributed by atoms with Gasteiger partial charge in [-0.05, 0) is 95.8 Å². The minimum Gasteiger partial charge on any atom is -0.490 e. The number of unbranched alkanes of at least 4 members (excludes halogenated alkanes) is 12. The Morgan fingerprint density at radius 2 is 0.737 bits per heavy atom. The summed E-state index contributed by atoms with van der Waals surface area (Å²) in [4.78, 5) is 2.22. The van der Waals surface area contributed by atoms with E-state index >= 15 is 0 Å². The standard InChI is InChI=1S/C45H62N2O8S2/c1-5-9-13-17-25-52-41-31-35-21-23-39(29-37(35)33-43(41)54-27-19-15-11-7-3)56(48,49)45(47-46)57(50,51)40-24-22-36-32-42(53-26-18-14-10-6-2)44(34-38(36)30-40)55-28-20-16-12-8-4/h21-24,29-34H,5-20,25-28H2,1-4H3. The molecule has 0 aliphatic heterocycles. The lowest BCUT2D eigenvalue weighted by Gasteiger charge is -2.15. The molecular weight excluding hydrogens is 761 g/mol. The molecule has 4 rings (SSSR count). The molecule has 0 heterocycles. The van der Waals surface area contributed by atoms with Crippen molar-refractivity contribution in [2.24, 2.45) is 0 Å². The molecule has 312 valence electrons. The van der Waals surface area contributed by atoms with Gasteiger partial charge in [-0.15, -0.1) is 4.79 Å². The molecule has 12 heteroatoms. The van der Waals surface area contributed by atoms with Crippen LogP contribution in [0.4, 0.5) is 0 Å². The van der Waals surface area contributed by atoms with Crippen molar-refractivity contribution in [3.63, 3.8) is 0 Å². The lowest BCUT2D eigenvalue weighted by atomic mass is 10.1. The van der Waals surface area contributed by atoms with Crippen LogP contribution in [0.25, 0.3) is 27.1 Å². The van der Waals surface area contributed by atoms with Crippen molar-refractivity contribution in [2.45, 2.75) is 140 Å². The van der Waals surface area contributed by atoms with E-state index in [0.29, 0.717) is 71.0 Å². The first-order chi connectivity index (χ1) is 27.6. The molecule has 4 aromatic carbocycles. The summed E-state index contributed by atoms with van der Waals surface area (Å²) in [5.41, 5.74) is 10.1. The van der Waals surface area contributed by atoms with E-state index in [2.05, 4.69) is 32.5 Å². The number of fused-ring (bicyclic) bond motifs is 2. The Bertz CT molecular complexity index is 2020. The first kappa shape index (κ1) is 45.6. The zero-order valence-corrected chi connectivity index (χ0v) is 36.0. The molecule has 0 aliphatic rings. The van der Waals surface area contributed by atoms with Gasteiger partial charge in [0.2, 0.25) is 0 Å². The van der Waals surface area contributed by atoms with Crippen molar-refractivity contribution in [3.8, 4) is 23.0 Å². The molecule has 0 amide bonds. The second kappa shape index (κ2) is 23.3. The average Bonchev–Trinajstić information content (AvgIpc) is 3.20. The average molecular weight is 823 g/mol. The van der Waals surface area contributed by atoms with Gasteiger partial charge in [-0.1, -0.05) is 117 Å². The Kier molecular flexibility index (Phi) is 18.7. The molecule has 10 nitrogen and oxygen atoms in total. The van der Waals surface area contributed by atoms with Gasteiger partial charge in [0.1, 0.15) is 0 Å². The third-order valence-electron chi connectivity index (χ3n) is 9.93. The van der Waals surface area contributed by atoms with E-state index in [0.717, 1.165) is 103 Å². The summed E-state index contributed by atoms with van der Waals surface area (Å²) in [7, 11) is -9.66. The van der Waals surface area contributed by atoms with Crippen LogP contribution in [-0.4, -0.2) is 52.4 Å². The van der Waals surface area contributed by atoms with E-state index in [1.165, 1.54) is 24.3 Å². The monoisotopic (exact) mass is 822 g/mol. The van der Waals surface area contributed by atoms with Gasteiger partial charge < -0.3 is 24.5 Å². The van der Waals surface area contributed by atoms with Gasteiger partial charge in [-0.3, -0.25) is 0 Å². The van der Waals surface area contributed by atoms with Crippen molar-refractivity contribution in [3.05, 3.63) is 66.2 Å². The first-order valence-electron chi connectivity index (χ1n) is 21.0. The predicted molar refractivity (Wildman–Crippen MR) is 229 cm³/mol. The zero-order valence-electron chi connectivity index (χ0n) is 34.4. The second-order valence-corrected chi connectivity index (χ2v) is 18.6. The maximum absolute atomic E-state index is 14.0. The smallest absolute Gasteiger partial charge is 0.490 e. The van der Waals surface area contributed by atoms with E-state index < -0.39 is 24.1 Å². The first-order valence-corrected chi connectivity index (χ1v) is 24.0. The highest BCUT2D eigenvalue weighted by Crippen LogP contribution is 2.37. The zero-order chi connectivity index (χ0) is 41.1. The molecule has 0 aliphatic carbocycles. The van der Waals surface area contributed by atoms with E-state index in [9.17, 15) is 22.4 Å². The molecule has 0 unspecified atom stereocenters. The summed E-state index contributed by atoms with van der Waals surface area (Å²) in [5, 5.41) is 2.37. The Morgan fingerprint density at radius 1 is 0.439 bits per heavy atom. The minimum absolute atomic E-state index is 0.339. The SMILES string of the molecule is CCCCCCOc1cc2ccc(S(=O)(=O)C(=[N+]=[N-])S(=O)(=O)c3ccc4cc(OCCCCCC)c(OCCCCCC)cc4c3)cc2cc1OCCCCCC. The number of ether oxygens (including phenoxy) is 4. The van der Waals surface area contributed by atoms with Crippen LogP contribution in [0.3, 0.4) is 0 Å². The summed E-state index contributed by atoms with van der Waals surface area (Å²) in [6, 6.07) is 15.6. The van der Waals surface area contributed by atoms with Crippen LogP contribution < -0.4 is 18.9 Å². The largest absolute Gasteiger partial charge is 0.504 e. The van der Waals surface area contributed by atoms with E-state index in [1.54, 1.807) is 24.3 Å². The lowest BCUT2D eigenvalue weighted by molar-refractivity contribution is 0.00380. The summed E-state index contributed by atoms with van der Waals surface area (Å²) in [5.74, 6) is 2.10. The van der Waals surface area contributed by atoms with Crippen molar-refractivity contribution in [1.29, 1.82) is 0 Å². The molecule has 0 spiro atoms. The van der Waals surface area contributed by atoms with Crippen LogP contribution in [0, 0.1) is 0 Å². The number of rotatable bonds is 26. The number of sulfone groups is 2. The quantitative estimate of drug-likeness (QED) is 0.0200. The van der Waals surface area contributed by atoms with Crippen molar-refractivity contribution < 1.29 is 40.6 Å². The van der Waals surface area contributed by atoms with Crippen LogP contribution in [0.2, 0.25) is 0 Å². The normalized spacial score (nSPS) is 11.8. The maximum atomic E-state index is 14.0. The second-order valence-electron chi connectivity index (χ2n) is 14.6. The van der Waals surface area contributed by atoms with Crippen LogP contribution in [0.5, 0.6) is 23.0 Å². The molecule has 0 bridgehead atoms. The highest BCUT2D eigenvalue weighted by Gasteiger charge is 2.44. The highest BCUT2D eigenvalue weighted by atomic mass is 32.3. The van der Waals surface area contributed by atoms with Gasteiger partial charge in [0.05, 0.1) is 36.2 Å². The molecular formula is C45H62N2O8S2. The van der Waals surface area contributed by atoms with Gasteiger partial charge in [-0.2, -0.15) is 0 Å². The fraction of sp³-hybridized carbons (Fsp3) is 0.533. The van der Waals surface area contributed by atoms with E-state index in [-0.39, 0.29) is 9.79 Å². The summed E-state index contributed by atoms with van der Waals surface area (Å²) >= 11 is 0. The number of nitrogens with zero attached hydrogens (tertiary/aromatic N) is 2. The predicted octanol–water partition coefficient (Wildman–Crippen LogP) is 11.7. The van der Waals surface area contributed by atoms with Gasteiger partial charge in [0.15, 0.2) is 23.0 Å². The molecule has 0 saturated carbocycles. The lowest BCUT2D eigenvalue weighted by Crippen LogP contribution is -2.26. The van der Waals surface area contributed by atoms with Crippen molar-refractivity contribution >= 4 is 45.6 Å². The molecule has 0 N–H and O–H groups in total. The molecule has 57 heavy (non-hydrogen) atoms.